The van der Waals surface area contributed by atoms with Gasteiger partial charge in [-0.25, -0.2) is 0 Å². The van der Waals surface area contributed by atoms with Crippen molar-refractivity contribution in [1.82, 2.24) is 5.32 Å². The van der Waals surface area contributed by atoms with Gasteiger partial charge in [0.1, 0.15) is 12.4 Å². The molecule has 136 valence electrons. The molecular formula is C21H17BrN2O2S. The maximum atomic E-state index is 12.2. The van der Waals surface area contributed by atoms with Crippen molar-refractivity contribution in [1.29, 1.82) is 0 Å². The highest BCUT2D eigenvalue weighted by Crippen LogP contribution is 2.25. The number of carbonyl (C=O) groups excluding carboxylic acids is 1. The van der Waals surface area contributed by atoms with E-state index in [0.29, 0.717) is 23.6 Å². The van der Waals surface area contributed by atoms with Crippen molar-refractivity contribution < 1.29 is 9.53 Å². The summed E-state index contributed by atoms with van der Waals surface area (Å²) >= 11 is 8.71. The molecule has 0 saturated carbocycles. The number of halogens is 1. The van der Waals surface area contributed by atoms with Gasteiger partial charge >= 0.3 is 0 Å². The zero-order valence-electron chi connectivity index (χ0n) is 14.3. The Morgan fingerprint density at radius 2 is 1.63 bits per heavy atom. The van der Waals surface area contributed by atoms with E-state index in [1.807, 2.05) is 54.6 Å². The average Bonchev–Trinajstić information content (AvgIpc) is 2.67. The van der Waals surface area contributed by atoms with Crippen LogP contribution in [0.2, 0.25) is 0 Å². The van der Waals surface area contributed by atoms with Gasteiger partial charge in [0.25, 0.3) is 5.91 Å². The van der Waals surface area contributed by atoms with Crippen molar-refractivity contribution in [3.63, 3.8) is 0 Å². The number of rotatable bonds is 5. The van der Waals surface area contributed by atoms with Crippen molar-refractivity contribution in [2.45, 2.75) is 6.61 Å². The molecule has 0 aromatic heterocycles. The van der Waals surface area contributed by atoms with E-state index >= 15 is 0 Å². The van der Waals surface area contributed by atoms with E-state index < -0.39 is 0 Å². The molecule has 0 aliphatic heterocycles. The second-order valence-corrected chi connectivity index (χ2v) is 7.05. The van der Waals surface area contributed by atoms with Crippen LogP contribution in [0.4, 0.5) is 5.69 Å². The van der Waals surface area contributed by atoms with Crippen LogP contribution in [0, 0.1) is 0 Å². The molecule has 0 fully saturated rings. The van der Waals surface area contributed by atoms with Gasteiger partial charge < -0.3 is 10.1 Å². The minimum absolute atomic E-state index is 0.218. The Labute approximate surface area is 171 Å². The van der Waals surface area contributed by atoms with Crippen LogP contribution >= 0.6 is 28.1 Å². The molecule has 0 aliphatic carbocycles. The summed E-state index contributed by atoms with van der Waals surface area (Å²) in [7, 11) is 0. The molecule has 0 atom stereocenters. The first-order chi connectivity index (χ1) is 13.1. The monoisotopic (exact) mass is 440 g/mol. The second-order valence-electron chi connectivity index (χ2n) is 5.72. The average molecular weight is 441 g/mol. The van der Waals surface area contributed by atoms with Gasteiger partial charge in [0.15, 0.2) is 5.11 Å². The minimum atomic E-state index is -0.261. The van der Waals surface area contributed by atoms with Crippen molar-refractivity contribution >= 4 is 44.9 Å². The van der Waals surface area contributed by atoms with E-state index in [1.165, 1.54) is 0 Å². The van der Waals surface area contributed by atoms with Crippen LogP contribution in [0.25, 0.3) is 0 Å². The molecule has 0 bridgehead atoms. The third kappa shape index (κ3) is 5.91. The molecule has 27 heavy (non-hydrogen) atoms. The Morgan fingerprint density at radius 1 is 0.963 bits per heavy atom. The van der Waals surface area contributed by atoms with Crippen LogP contribution in [-0.2, 0) is 6.61 Å². The summed E-state index contributed by atoms with van der Waals surface area (Å²) in [4.78, 5) is 12.2. The van der Waals surface area contributed by atoms with E-state index in [2.05, 4.69) is 26.6 Å². The Bertz CT molecular complexity index is 933. The number of nitrogens with one attached hydrogen (secondary N) is 2. The van der Waals surface area contributed by atoms with E-state index in [9.17, 15) is 4.79 Å². The van der Waals surface area contributed by atoms with Crippen LogP contribution in [0.3, 0.4) is 0 Å². The summed E-state index contributed by atoms with van der Waals surface area (Å²) in [5.41, 5.74) is 2.34. The third-order valence-corrected chi connectivity index (χ3v) is 4.30. The molecule has 6 heteroatoms. The summed E-state index contributed by atoms with van der Waals surface area (Å²) in [6.45, 7) is 0.464. The minimum Gasteiger partial charge on any atom is -0.489 e. The van der Waals surface area contributed by atoms with E-state index in [1.54, 1.807) is 24.3 Å². The quantitative estimate of drug-likeness (QED) is 0.538. The van der Waals surface area contributed by atoms with Crippen molar-refractivity contribution in [3.8, 4) is 5.75 Å². The fourth-order valence-electron chi connectivity index (χ4n) is 2.39. The molecular weight excluding hydrogens is 424 g/mol. The molecule has 0 unspecified atom stereocenters. The van der Waals surface area contributed by atoms with Crippen molar-refractivity contribution in [3.05, 3.63) is 94.5 Å². The highest BCUT2D eigenvalue weighted by molar-refractivity contribution is 9.10. The molecule has 3 rings (SSSR count). The number of ether oxygens (including phenoxy) is 1. The van der Waals surface area contributed by atoms with Crippen molar-refractivity contribution in [2.75, 3.05) is 5.32 Å². The van der Waals surface area contributed by atoms with Gasteiger partial charge in [-0.05, 0) is 42.0 Å². The van der Waals surface area contributed by atoms with Gasteiger partial charge in [-0.3, -0.25) is 10.1 Å². The molecule has 0 aliphatic rings. The highest BCUT2D eigenvalue weighted by Gasteiger charge is 2.08. The number of benzene rings is 3. The van der Waals surface area contributed by atoms with E-state index in [0.717, 1.165) is 10.0 Å². The normalized spacial score (nSPS) is 10.1. The Morgan fingerprint density at radius 3 is 2.33 bits per heavy atom. The lowest BCUT2D eigenvalue weighted by Gasteiger charge is -2.12. The van der Waals surface area contributed by atoms with Crippen LogP contribution in [-0.4, -0.2) is 11.0 Å². The fraction of sp³-hybridized carbons (Fsp3) is 0.0476. The van der Waals surface area contributed by atoms with E-state index in [4.69, 9.17) is 17.0 Å². The summed E-state index contributed by atoms with van der Waals surface area (Å²) in [6.07, 6.45) is 0. The summed E-state index contributed by atoms with van der Waals surface area (Å²) in [5.74, 6) is 0.427. The van der Waals surface area contributed by atoms with Gasteiger partial charge in [-0.2, -0.15) is 0 Å². The zero-order chi connectivity index (χ0) is 19.1. The van der Waals surface area contributed by atoms with Gasteiger partial charge in [0.2, 0.25) is 0 Å². The topological polar surface area (TPSA) is 50.4 Å². The molecule has 3 aromatic carbocycles. The third-order valence-electron chi connectivity index (χ3n) is 3.64. The Kier molecular flexibility index (Phi) is 6.57. The SMILES string of the molecule is O=C(NC(=S)Nc1cc(Br)cc(OCc2ccccc2)c1)c1ccccc1. The summed E-state index contributed by atoms with van der Waals surface area (Å²) in [5, 5.41) is 5.90. The van der Waals surface area contributed by atoms with Crippen LogP contribution in [0.1, 0.15) is 15.9 Å². The highest BCUT2D eigenvalue weighted by atomic mass is 79.9. The largest absolute Gasteiger partial charge is 0.489 e. The van der Waals surface area contributed by atoms with Gasteiger partial charge in [-0.15, -0.1) is 0 Å². The standard InChI is InChI=1S/C21H17BrN2O2S/c22-17-11-18(13-19(12-17)26-14-15-7-3-1-4-8-15)23-21(27)24-20(25)16-9-5-2-6-10-16/h1-13H,14H2,(H2,23,24,25,27). The number of anilines is 1. The number of amides is 1. The van der Waals surface area contributed by atoms with Gasteiger partial charge in [0, 0.05) is 21.8 Å². The van der Waals surface area contributed by atoms with Gasteiger partial charge in [0.05, 0.1) is 0 Å². The molecule has 0 spiro atoms. The molecule has 1 amide bonds. The first-order valence-electron chi connectivity index (χ1n) is 8.25. The summed E-state index contributed by atoms with van der Waals surface area (Å²) in [6, 6.07) is 24.4. The maximum absolute atomic E-state index is 12.2. The lowest BCUT2D eigenvalue weighted by atomic mass is 10.2. The lowest BCUT2D eigenvalue weighted by Crippen LogP contribution is -2.34. The van der Waals surface area contributed by atoms with Gasteiger partial charge in [-0.1, -0.05) is 64.5 Å². The fourth-order valence-corrected chi connectivity index (χ4v) is 3.07. The van der Waals surface area contributed by atoms with E-state index in [-0.39, 0.29) is 11.0 Å². The van der Waals surface area contributed by atoms with Crippen molar-refractivity contribution in [2.24, 2.45) is 0 Å². The molecule has 0 radical (unpaired) electrons. The molecule has 0 heterocycles. The summed E-state index contributed by atoms with van der Waals surface area (Å²) < 4.78 is 6.69. The number of hydrogen-bond acceptors (Lipinski definition) is 3. The number of thiocarbonyl (C=S) groups is 1. The second kappa shape index (κ2) is 9.30. The lowest BCUT2D eigenvalue weighted by molar-refractivity contribution is 0.0977. The first-order valence-corrected chi connectivity index (χ1v) is 9.45. The first kappa shape index (κ1) is 19.1. The van der Waals surface area contributed by atoms with Crippen LogP contribution in [0.15, 0.2) is 83.3 Å². The van der Waals surface area contributed by atoms with Crippen LogP contribution < -0.4 is 15.4 Å². The number of hydrogen-bond donors (Lipinski definition) is 2. The van der Waals surface area contributed by atoms with Crippen LogP contribution in [0.5, 0.6) is 5.75 Å². The molecule has 0 saturated heterocycles. The zero-order valence-corrected chi connectivity index (χ0v) is 16.7. The predicted octanol–water partition coefficient (Wildman–Crippen LogP) is 5.15. The maximum Gasteiger partial charge on any atom is 0.257 e. The molecule has 4 nitrogen and oxygen atoms in total. The predicted molar refractivity (Wildman–Crippen MR) is 115 cm³/mol. The molecule has 2 N–H and O–H groups in total. The number of carbonyl (C=O) groups is 1. The molecule has 3 aromatic rings. The Hall–Kier alpha value is -2.70. The smallest absolute Gasteiger partial charge is 0.257 e. The Balaban J connectivity index is 1.61.